The van der Waals surface area contributed by atoms with Crippen molar-refractivity contribution >= 4 is 5.69 Å². The number of aromatic nitrogens is 1. The minimum Gasteiger partial charge on any atom is -0.368 e. The van der Waals surface area contributed by atoms with Crippen molar-refractivity contribution in [2.24, 2.45) is 0 Å². The normalized spacial score (nSPS) is 17.7. The van der Waals surface area contributed by atoms with Crippen molar-refractivity contribution in [1.82, 2.24) is 10.3 Å². The highest BCUT2D eigenvalue weighted by Crippen LogP contribution is 2.24. The van der Waals surface area contributed by atoms with Crippen LogP contribution in [-0.4, -0.2) is 24.1 Å². The highest BCUT2D eigenvalue weighted by Gasteiger charge is 2.22. The Morgan fingerprint density at radius 3 is 3.00 bits per heavy atom. The molecule has 1 aromatic heterocycles. The van der Waals surface area contributed by atoms with E-state index >= 15 is 0 Å². The Morgan fingerprint density at radius 2 is 2.26 bits per heavy atom. The summed E-state index contributed by atoms with van der Waals surface area (Å²) in [4.78, 5) is 6.36. The van der Waals surface area contributed by atoms with E-state index in [4.69, 9.17) is 5.26 Å². The van der Waals surface area contributed by atoms with Gasteiger partial charge in [0.05, 0.1) is 23.0 Å². The molecule has 1 N–H and O–H groups in total. The van der Waals surface area contributed by atoms with Gasteiger partial charge in [-0.3, -0.25) is 4.98 Å². The standard InChI is InChI=1S/C18H19FN4/c19-17-10-14(11-20)6-7-18(17)23-9-3-5-16(13-23)22-12-15-4-1-2-8-21-15/h1-2,4,6-8,10,16,22H,3,5,9,12-13H2. The number of rotatable bonds is 4. The van der Waals surface area contributed by atoms with E-state index in [1.165, 1.54) is 6.07 Å². The van der Waals surface area contributed by atoms with E-state index in [9.17, 15) is 4.39 Å². The first-order valence-electron chi connectivity index (χ1n) is 7.84. The zero-order valence-electron chi connectivity index (χ0n) is 12.9. The molecule has 1 saturated heterocycles. The fourth-order valence-corrected chi connectivity index (χ4v) is 2.95. The lowest BCUT2D eigenvalue weighted by Gasteiger charge is -2.35. The second kappa shape index (κ2) is 7.21. The molecule has 5 heteroatoms. The topological polar surface area (TPSA) is 52.0 Å². The molecule has 4 nitrogen and oxygen atoms in total. The Labute approximate surface area is 135 Å². The highest BCUT2D eigenvalue weighted by atomic mass is 19.1. The van der Waals surface area contributed by atoms with E-state index in [0.717, 1.165) is 38.2 Å². The van der Waals surface area contributed by atoms with Gasteiger partial charge < -0.3 is 10.2 Å². The third-order valence-electron chi connectivity index (χ3n) is 4.14. The van der Waals surface area contributed by atoms with Crippen molar-refractivity contribution in [2.45, 2.75) is 25.4 Å². The van der Waals surface area contributed by atoms with Crippen LogP contribution in [0, 0.1) is 17.1 Å². The molecule has 2 aromatic rings. The Hall–Kier alpha value is -2.45. The van der Waals surface area contributed by atoms with Crippen LogP contribution >= 0.6 is 0 Å². The number of hydrogen-bond acceptors (Lipinski definition) is 4. The van der Waals surface area contributed by atoms with E-state index in [2.05, 4.69) is 15.2 Å². The average molecular weight is 310 g/mol. The number of hydrogen-bond donors (Lipinski definition) is 1. The molecule has 0 saturated carbocycles. The molecule has 1 atom stereocenters. The van der Waals surface area contributed by atoms with Crippen LogP contribution < -0.4 is 10.2 Å². The SMILES string of the molecule is N#Cc1ccc(N2CCCC(NCc3ccccn3)C2)c(F)c1. The number of benzene rings is 1. The molecule has 0 radical (unpaired) electrons. The fourth-order valence-electron chi connectivity index (χ4n) is 2.95. The minimum atomic E-state index is -0.325. The summed E-state index contributed by atoms with van der Waals surface area (Å²) in [5, 5.41) is 12.3. The molecule has 1 fully saturated rings. The van der Waals surface area contributed by atoms with Crippen LogP contribution in [0.3, 0.4) is 0 Å². The summed E-state index contributed by atoms with van der Waals surface area (Å²) in [6.45, 7) is 2.31. The number of nitrogens with one attached hydrogen (secondary N) is 1. The molecule has 1 aliphatic heterocycles. The Bertz CT molecular complexity index is 696. The Morgan fingerprint density at radius 1 is 1.35 bits per heavy atom. The smallest absolute Gasteiger partial charge is 0.147 e. The first-order chi connectivity index (χ1) is 11.3. The summed E-state index contributed by atoms with van der Waals surface area (Å²) >= 11 is 0. The monoisotopic (exact) mass is 310 g/mol. The summed E-state index contributed by atoms with van der Waals surface area (Å²) in [6.07, 6.45) is 3.87. The molecule has 3 rings (SSSR count). The number of halogens is 1. The molecule has 0 bridgehead atoms. The van der Waals surface area contributed by atoms with E-state index < -0.39 is 0 Å². The molecule has 0 aliphatic carbocycles. The molecule has 2 heterocycles. The molecular formula is C18H19FN4. The highest BCUT2D eigenvalue weighted by molar-refractivity contribution is 5.51. The van der Waals surface area contributed by atoms with Gasteiger partial charge in [-0.25, -0.2) is 4.39 Å². The summed E-state index contributed by atoms with van der Waals surface area (Å²) in [7, 11) is 0. The van der Waals surface area contributed by atoms with Gasteiger partial charge in [-0.05, 0) is 43.2 Å². The quantitative estimate of drug-likeness (QED) is 0.943. The number of nitrogens with zero attached hydrogens (tertiary/aromatic N) is 3. The zero-order chi connectivity index (χ0) is 16.1. The van der Waals surface area contributed by atoms with Crippen LogP contribution in [0.15, 0.2) is 42.6 Å². The largest absolute Gasteiger partial charge is 0.368 e. The van der Waals surface area contributed by atoms with Gasteiger partial charge in [0.25, 0.3) is 0 Å². The number of anilines is 1. The summed E-state index contributed by atoms with van der Waals surface area (Å²) < 4.78 is 14.2. The van der Waals surface area contributed by atoms with Gasteiger partial charge in [0.2, 0.25) is 0 Å². The second-order valence-electron chi connectivity index (χ2n) is 5.77. The van der Waals surface area contributed by atoms with Crippen LogP contribution in [0.2, 0.25) is 0 Å². The van der Waals surface area contributed by atoms with Gasteiger partial charge in [0, 0.05) is 31.9 Å². The third kappa shape index (κ3) is 3.85. The van der Waals surface area contributed by atoms with E-state index in [0.29, 0.717) is 17.3 Å². The Balaban J connectivity index is 1.63. The predicted molar refractivity (Wildman–Crippen MR) is 87.4 cm³/mol. The van der Waals surface area contributed by atoms with Crippen LogP contribution in [0.5, 0.6) is 0 Å². The first kappa shape index (κ1) is 15.4. The molecule has 118 valence electrons. The third-order valence-corrected chi connectivity index (χ3v) is 4.14. The van der Waals surface area contributed by atoms with Gasteiger partial charge >= 0.3 is 0 Å². The maximum Gasteiger partial charge on any atom is 0.147 e. The number of pyridine rings is 1. The van der Waals surface area contributed by atoms with Crippen molar-refractivity contribution in [3.63, 3.8) is 0 Å². The molecular weight excluding hydrogens is 291 g/mol. The predicted octanol–water partition coefficient (Wildman–Crippen LogP) is 2.85. The lowest BCUT2D eigenvalue weighted by Crippen LogP contribution is -2.45. The molecule has 0 amide bonds. The van der Waals surface area contributed by atoms with E-state index in [-0.39, 0.29) is 5.82 Å². The van der Waals surface area contributed by atoms with Gasteiger partial charge in [0.1, 0.15) is 5.82 Å². The van der Waals surface area contributed by atoms with Crippen molar-refractivity contribution in [3.05, 3.63) is 59.7 Å². The average Bonchev–Trinajstić information content (AvgIpc) is 2.61. The van der Waals surface area contributed by atoms with Crippen LogP contribution in [0.25, 0.3) is 0 Å². The second-order valence-corrected chi connectivity index (χ2v) is 5.77. The van der Waals surface area contributed by atoms with E-state index in [1.54, 1.807) is 18.3 Å². The van der Waals surface area contributed by atoms with Crippen molar-refractivity contribution in [1.29, 1.82) is 5.26 Å². The molecule has 23 heavy (non-hydrogen) atoms. The lowest BCUT2D eigenvalue weighted by molar-refractivity contribution is 0.416. The van der Waals surface area contributed by atoms with Gasteiger partial charge in [0.15, 0.2) is 0 Å². The minimum absolute atomic E-state index is 0.306. The van der Waals surface area contributed by atoms with Crippen LogP contribution in [0.1, 0.15) is 24.1 Å². The first-order valence-corrected chi connectivity index (χ1v) is 7.84. The lowest BCUT2D eigenvalue weighted by atomic mass is 10.0. The van der Waals surface area contributed by atoms with Crippen molar-refractivity contribution < 1.29 is 4.39 Å². The molecule has 1 unspecified atom stereocenters. The number of nitriles is 1. The van der Waals surface area contributed by atoms with Crippen molar-refractivity contribution in [3.8, 4) is 6.07 Å². The molecule has 0 spiro atoms. The summed E-state index contributed by atoms with van der Waals surface area (Å²) in [5.41, 5.74) is 1.94. The zero-order valence-corrected chi connectivity index (χ0v) is 12.9. The summed E-state index contributed by atoms with van der Waals surface area (Å²) in [6, 6.07) is 12.8. The van der Waals surface area contributed by atoms with Gasteiger partial charge in [-0.1, -0.05) is 6.07 Å². The van der Waals surface area contributed by atoms with Crippen LogP contribution in [0.4, 0.5) is 10.1 Å². The molecule has 1 aliphatic rings. The van der Waals surface area contributed by atoms with Gasteiger partial charge in [-0.15, -0.1) is 0 Å². The van der Waals surface area contributed by atoms with Gasteiger partial charge in [-0.2, -0.15) is 5.26 Å². The number of piperidine rings is 1. The van der Waals surface area contributed by atoms with Crippen molar-refractivity contribution in [2.75, 3.05) is 18.0 Å². The fraction of sp³-hybridized carbons (Fsp3) is 0.333. The maximum absolute atomic E-state index is 14.2. The van der Waals surface area contributed by atoms with E-state index in [1.807, 2.05) is 24.3 Å². The van der Waals surface area contributed by atoms with Crippen LogP contribution in [-0.2, 0) is 6.54 Å². The maximum atomic E-state index is 14.2. The molecule has 1 aromatic carbocycles. The summed E-state index contributed by atoms with van der Waals surface area (Å²) in [5.74, 6) is -0.325. The Kier molecular flexibility index (Phi) is 4.84.